The molecule has 1 aromatic rings. The Kier molecular flexibility index (Phi) is 6.07. The minimum atomic E-state index is -3.47. The van der Waals surface area contributed by atoms with E-state index in [0.717, 1.165) is 18.6 Å². The molecule has 2 atom stereocenters. The van der Waals surface area contributed by atoms with Gasteiger partial charge in [0.2, 0.25) is 10.0 Å². The fourth-order valence-corrected chi connectivity index (χ4v) is 3.90. The van der Waals surface area contributed by atoms with Gasteiger partial charge in [0.15, 0.2) is 11.6 Å². The molecule has 0 aromatic heterocycles. The first-order chi connectivity index (χ1) is 9.31. The fraction of sp³-hybridized carbons (Fsp3) is 0.571. The van der Waals surface area contributed by atoms with Gasteiger partial charge in [-0.3, -0.25) is 0 Å². The Bertz CT molecular complexity index is 546. The van der Waals surface area contributed by atoms with Crippen molar-refractivity contribution in [2.75, 3.05) is 0 Å². The third-order valence-electron chi connectivity index (χ3n) is 3.29. The molecule has 0 unspecified atom stereocenters. The summed E-state index contributed by atoms with van der Waals surface area (Å²) >= 11 is 0. The van der Waals surface area contributed by atoms with E-state index in [0.29, 0.717) is 18.4 Å². The maximum absolute atomic E-state index is 13.2. The number of rotatable bonds is 7. The SMILES string of the molecule is CCC[C@H](CC)S(=O)(=O)N[C@H](C)c1ccc(F)c(F)c1. The zero-order chi connectivity index (χ0) is 15.3. The molecule has 0 amide bonds. The molecule has 0 aliphatic carbocycles. The second-order valence-electron chi connectivity index (χ2n) is 4.88. The molecule has 1 aromatic carbocycles. The molecule has 6 heteroatoms. The zero-order valence-corrected chi connectivity index (χ0v) is 12.8. The molecule has 0 fully saturated rings. The summed E-state index contributed by atoms with van der Waals surface area (Å²) in [5.41, 5.74) is 0.402. The van der Waals surface area contributed by atoms with Crippen LogP contribution in [0.1, 0.15) is 51.6 Å². The number of sulfonamides is 1. The second-order valence-corrected chi connectivity index (χ2v) is 6.87. The summed E-state index contributed by atoms with van der Waals surface area (Å²) in [6.45, 7) is 5.36. The molecule has 0 aliphatic rings. The predicted molar refractivity (Wildman–Crippen MR) is 75.8 cm³/mol. The molecule has 1 N–H and O–H groups in total. The van der Waals surface area contributed by atoms with Gasteiger partial charge >= 0.3 is 0 Å². The maximum Gasteiger partial charge on any atom is 0.215 e. The highest BCUT2D eigenvalue weighted by Gasteiger charge is 2.25. The van der Waals surface area contributed by atoms with Crippen LogP contribution in [-0.4, -0.2) is 13.7 Å². The van der Waals surface area contributed by atoms with Crippen molar-refractivity contribution >= 4 is 10.0 Å². The summed E-state index contributed by atoms with van der Waals surface area (Å²) in [6, 6.07) is 2.80. The van der Waals surface area contributed by atoms with Gasteiger partial charge in [0.25, 0.3) is 0 Å². The van der Waals surface area contributed by atoms with Crippen molar-refractivity contribution in [2.24, 2.45) is 0 Å². The van der Waals surface area contributed by atoms with Crippen LogP contribution in [0.15, 0.2) is 18.2 Å². The van der Waals surface area contributed by atoms with Gasteiger partial charge in [0, 0.05) is 6.04 Å². The van der Waals surface area contributed by atoms with E-state index >= 15 is 0 Å². The quantitative estimate of drug-likeness (QED) is 0.837. The summed E-state index contributed by atoms with van der Waals surface area (Å²) in [5.74, 6) is -1.92. The van der Waals surface area contributed by atoms with E-state index in [4.69, 9.17) is 0 Å². The molecular formula is C14H21F2NO2S. The van der Waals surface area contributed by atoms with Crippen LogP contribution < -0.4 is 4.72 Å². The zero-order valence-electron chi connectivity index (χ0n) is 12.0. The molecule has 0 bridgehead atoms. The Hall–Kier alpha value is -1.01. The van der Waals surface area contributed by atoms with Crippen molar-refractivity contribution in [1.82, 2.24) is 4.72 Å². The van der Waals surface area contributed by atoms with Gasteiger partial charge in [-0.05, 0) is 37.5 Å². The number of nitrogens with one attached hydrogen (secondary N) is 1. The second kappa shape index (κ2) is 7.13. The highest BCUT2D eigenvalue weighted by Crippen LogP contribution is 2.19. The third-order valence-corrected chi connectivity index (χ3v) is 5.42. The van der Waals surface area contributed by atoms with Crippen molar-refractivity contribution in [1.29, 1.82) is 0 Å². The van der Waals surface area contributed by atoms with Crippen molar-refractivity contribution in [3.63, 3.8) is 0 Å². The molecular weight excluding hydrogens is 284 g/mol. The predicted octanol–water partition coefficient (Wildman–Crippen LogP) is 3.52. The van der Waals surface area contributed by atoms with Gasteiger partial charge < -0.3 is 0 Å². The van der Waals surface area contributed by atoms with Crippen LogP contribution in [0.2, 0.25) is 0 Å². The molecule has 0 spiro atoms. The average molecular weight is 305 g/mol. The Morgan fingerprint density at radius 3 is 2.35 bits per heavy atom. The summed E-state index contributed by atoms with van der Waals surface area (Å²) in [6.07, 6.45) is 1.88. The molecule has 0 radical (unpaired) electrons. The molecule has 20 heavy (non-hydrogen) atoms. The van der Waals surface area contributed by atoms with E-state index in [9.17, 15) is 17.2 Å². The van der Waals surface area contributed by atoms with Crippen LogP contribution in [0, 0.1) is 11.6 Å². The highest BCUT2D eigenvalue weighted by atomic mass is 32.2. The van der Waals surface area contributed by atoms with Crippen LogP contribution in [-0.2, 0) is 10.0 Å². The lowest BCUT2D eigenvalue weighted by Crippen LogP contribution is -2.35. The molecule has 0 saturated carbocycles. The Morgan fingerprint density at radius 1 is 1.20 bits per heavy atom. The van der Waals surface area contributed by atoms with E-state index < -0.39 is 32.9 Å². The third kappa shape index (κ3) is 4.24. The smallest absolute Gasteiger partial charge is 0.212 e. The molecule has 1 rings (SSSR count). The van der Waals surface area contributed by atoms with E-state index in [1.54, 1.807) is 6.92 Å². The summed E-state index contributed by atoms with van der Waals surface area (Å²) < 4.78 is 53.0. The minimum absolute atomic E-state index is 0.402. The Balaban J connectivity index is 2.88. The van der Waals surface area contributed by atoms with Crippen molar-refractivity contribution < 1.29 is 17.2 Å². The first-order valence-corrected chi connectivity index (χ1v) is 8.32. The lowest BCUT2D eigenvalue weighted by Gasteiger charge is -2.20. The Labute approximate surface area is 119 Å². The van der Waals surface area contributed by atoms with Crippen LogP contribution in [0.25, 0.3) is 0 Å². The number of halogens is 2. The molecule has 114 valence electrons. The number of hydrogen-bond acceptors (Lipinski definition) is 2. The first-order valence-electron chi connectivity index (χ1n) is 6.77. The van der Waals surface area contributed by atoms with Crippen molar-refractivity contribution in [3.05, 3.63) is 35.4 Å². The van der Waals surface area contributed by atoms with Crippen LogP contribution in [0.3, 0.4) is 0 Å². The Morgan fingerprint density at radius 2 is 1.85 bits per heavy atom. The molecule has 3 nitrogen and oxygen atoms in total. The van der Waals surface area contributed by atoms with Gasteiger partial charge in [-0.25, -0.2) is 21.9 Å². The summed E-state index contributed by atoms with van der Waals surface area (Å²) in [7, 11) is -3.47. The summed E-state index contributed by atoms with van der Waals surface area (Å²) in [5, 5.41) is -0.458. The van der Waals surface area contributed by atoms with Crippen molar-refractivity contribution in [3.8, 4) is 0 Å². The van der Waals surface area contributed by atoms with Crippen molar-refractivity contribution in [2.45, 2.75) is 51.3 Å². The van der Waals surface area contributed by atoms with E-state index in [1.807, 2.05) is 13.8 Å². The summed E-state index contributed by atoms with van der Waals surface area (Å²) in [4.78, 5) is 0. The van der Waals surface area contributed by atoms with Gasteiger partial charge in [0.05, 0.1) is 5.25 Å². The van der Waals surface area contributed by atoms with Crippen LogP contribution in [0.4, 0.5) is 8.78 Å². The average Bonchev–Trinajstić information content (AvgIpc) is 2.38. The largest absolute Gasteiger partial charge is 0.215 e. The van der Waals surface area contributed by atoms with E-state index in [-0.39, 0.29) is 0 Å². The monoisotopic (exact) mass is 305 g/mol. The number of hydrogen-bond donors (Lipinski definition) is 1. The normalized spacial score (nSPS) is 15.1. The fourth-order valence-electron chi connectivity index (χ4n) is 2.09. The van der Waals surface area contributed by atoms with E-state index in [2.05, 4.69) is 4.72 Å². The van der Waals surface area contributed by atoms with Crippen LogP contribution in [0.5, 0.6) is 0 Å². The van der Waals surface area contributed by atoms with Gasteiger partial charge in [-0.15, -0.1) is 0 Å². The van der Waals surface area contributed by atoms with Crippen LogP contribution >= 0.6 is 0 Å². The molecule has 0 heterocycles. The van der Waals surface area contributed by atoms with Gasteiger partial charge in [0.1, 0.15) is 0 Å². The standard InChI is InChI=1S/C14H21F2NO2S/c1-4-6-12(5-2)20(18,19)17-10(3)11-7-8-13(15)14(16)9-11/h7-10,12,17H,4-6H2,1-3H3/t10-,12+/m1/s1. The maximum atomic E-state index is 13.2. The topological polar surface area (TPSA) is 46.2 Å². The molecule has 0 aliphatic heterocycles. The minimum Gasteiger partial charge on any atom is -0.212 e. The van der Waals surface area contributed by atoms with E-state index in [1.165, 1.54) is 6.07 Å². The lowest BCUT2D eigenvalue weighted by molar-refractivity contribution is 0.503. The first kappa shape index (κ1) is 17.0. The van der Waals surface area contributed by atoms with Gasteiger partial charge in [-0.2, -0.15) is 0 Å². The number of benzene rings is 1. The van der Waals surface area contributed by atoms with Gasteiger partial charge in [-0.1, -0.05) is 26.3 Å². The lowest BCUT2D eigenvalue weighted by atomic mass is 10.1. The molecule has 0 saturated heterocycles. The highest BCUT2D eigenvalue weighted by molar-refractivity contribution is 7.90.